The van der Waals surface area contributed by atoms with Crippen molar-refractivity contribution in [2.24, 2.45) is 5.84 Å². The van der Waals surface area contributed by atoms with Gasteiger partial charge in [0.1, 0.15) is 0 Å². The summed E-state index contributed by atoms with van der Waals surface area (Å²) in [5.41, 5.74) is 4.44. The van der Waals surface area contributed by atoms with Crippen LogP contribution >= 0.6 is 11.3 Å². The van der Waals surface area contributed by atoms with Gasteiger partial charge in [0.05, 0.1) is 0 Å². The quantitative estimate of drug-likeness (QED) is 0.479. The first-order chi connectivity index (χ1) is 7.86. The fourth-order valence-electron chi connectivity index (χ4n) is 2.47. The second kappa shape index (κ2) is 5.49. The maximum absolute atomic E-state index is 5.66. The Bertz CT molecular complexity index is 400. The molecule has 2 unspecified atom stereocenters. The predicted molar refractivity (Wildman–Crippen MR) is 69.2 cm³/mol. The van der Waals surface area contributed by atoms with Crippen molar-refractivity contribution in [1.29, 1.82) is 0 Å². The van der Waals surface area contributed by atoms with Crippen LogP contribution in [0.5, 0.6) is 0 Å². The van der Waals surface area contributed by atoms with Crippen LogP contribution in [0.2, 0.25) is 0 Å². The van der Waals surface area contributed by atoms with Crippen LogP contribution in [-0.2, 0) is 6.42 Å². The van der Waals surface area contributed by atoms with Gasteiger partial charge in [-0.1, -0.05) is 0 Å². The average Bonchev–Trinajstić information content (AvgIpc) is 2.78. The van der Waals surface area contributed by atoms with Crippen LogP contribution in [0.4, 0.5) is 0 Å². The molecule has 0 radical (unpaired) electrons. The maximum Gasteiger partial charge on any atom is 0.0388 e. The zero-order valence-electron chi connectivity index (χ0n) is 9.62. The van der Waals surface area contributed by atoms with Gasteiger partial charge in [-0.15, -0.1) is 23.2 Å². The van der Waals surface area contributed by atoms with Gasteiger partial charge in [0.15, 0.2) is 0 Å². The molecule has 86 valence electrons. The Labute approximate surface area is 101 Å². The fraction of sp³-hybridized carbons (Fsp3) is 0.538. The third-order valence-corrected chi connectivity index (χ3v) is 4.29. The van der Waals surface area contributed by atoms with Crippen LogP contribution in [0.3, 0.4) is 0 Å². The first-order valence-electron chi connectivity index (χ1n) is 5.78. The van der Waals surface area contributed by atoms with Gasteiger partial charge in [-0.3, -0.25) is 11.3 Å². The second-order valence-electron chi connectivity index (χ2n) is 4.20. The summed E-state index contributed by atoms with van der Waals surface area (Å²) in [5.74, 6) is 12.3. The lowest BCUT2D eigenvalue weighted by Gasteiger charge is -2.29. The summed E-state index contributed by atoms with van der Waals surface area (Å²) in [5, 5.41) is 2.20. The molecule has 1 aliphatic carbocycles. The molecule has 0 amide bonds. The van der Waals surface area contributed by atoms with Gasteiger partial charge in [-0.2, -0.15) is 0 Å². The number of rotatable bonds is 3. The summed E-state index contributed by atoms with van der Waals surface area (Å²) in [6, 6.07) is 2.55. The number of hydrazine groups is 1. The van der Waals surface area contributed by atoms with E-state index >= 15 is 0 Å². The topological polar surface area (TPSA) is 38.0 Å². The lowest BCUT2D eigenvalue weighted by atomic mass is 9.81. The summed E-state index contributed by atoms with van der Waals surface area (Å²) in [6.45, 7) is 1.88. The maximum atomic E-state index is 5.66. The summed E-state index contributed by atoms with van der Waals surface area (Å²) in [7, 11) is 0. The number of aryl methyl sites for hydroxylation is 1. The van der Waals surface area contributed by atoms with Gasteiger partial charge in [0, 0.05) is 23.3 Å². The number of thiophene rings is 1. The van der Waals surface area contributed by atoms with Crippen LogP contribution in [0.1, 0.15) is 42.5 Å². The molecular weight excluding hydrogens is 216 g/mol. The van der Waals surface area contributed by atoms with Gasteiger partial charge < -0.3 is 0 Å². The summed E-state index contributed by atoms with van der Waals surface area (Å²) in [6.07, 6.45) is 4.58. The van der Waals surface area contributed by atoms with Crippen molar-refractivity contribution in [1.82, 2.24) is 5.43 Å². The highest BCUT2D eigenvalue weighted by Gasteiger charge is 2.27. The zero-order valence-corrected chi connectivity index (χ0v) is 10.4. The largest absolute Gasteiger partial charge is 0.271 e. The molecule has 0 aliphatic heterocycles. The molecule has 3 heteroatoms. The minimum absolute atomic E-state index is 0.293. The Balaban J connectivity index is 2.17. The number of hydrogen-bond acceptors (Lipinski definition) is 3. The van der Waals surface area contributed by atoms with Crippen LogP contribution in [0, 0.1) is 11.8 Å². The van der Waals surface area contributed by atoms with E-state index in [0.29, 0.717) is 12.0 Å². The number of nitrogens with two attached hydrogens (primary N) is 1. The molecule has 3 N–H and O–H groups in total. The molecule has 16 heavy (non-hydrogen) atoms. The molecule has 0 saturated heterocycles. The molecular formula is C13H18N2S. The van der Waals surface area contributed by atoms with E-state index in [4.69, 9.17) is 5.84 Å². The molecule has 0 bridgehead atoms. The highest BCUT2D eigenvalue weighted by molar-refractivity contribution is 7.10. The highest BCUT2D eigenvalue weighted by atomic mass is 32.1. The first-order valence-corrected chi connectivity index (χ1v) is 6.66. The van der Waals surface area contributed by atoms with Gasteiger partial charge in [-0.25, -0.2) is 0 Å². The molecule has 1 aliphatic rings. The Kier molecular flexibility index (Phi) is 4.00. The van der Waals surface area contributed by atoms with E-state index in [1.54, 1.807) is 4.88 Å². The normalized spacial score (nSPS) is 20.8. The van der Waals surface area contributed by atoms with Gasteiger partial charge in [-0.05, 0) is 43.2 Å². The molecule has 1 heterocycles. The lowest BCUT2D eigenvalue weighted by molar-refractivity contribution is 0.405. The summed E-state index contributed by atoms with van der Waals surface area (Å²) >= 11 is 1.88. The Morgan fingerprint density at radius 2 is 2.56 bits per heavy atom. The van der Waals surface area contributed by atoms with E-state index in [0.717, 1.165) is 6.42 Å². The summed E-state index contributed by atoms with van der Waals surface area (Å²) in [4.78, 5) is 1.54. The Hall–Kier alpha value is -0.820. The molecule has 0 fully saturated rings. The highest BCUT2D eigenvalue weighted by Crippen LogP contribution is 2.37. The number of nitrogens with one attached hydrogen (secondary N) is 1. The molecule has 1 aromatic rings. The monoisotopic (exact) mass is 234 g/mol. The molecule has 1 aromatic heterocycles. The zero-order chi connectivity index (χ0) is 11.4. The lowest BCUT2D eigenvalue weighted by Crippen LogP contribution is -2.40. The van der Waals surface area contributed by atoms with E-state index in [-0.39, 0.29) is 0 Å². The predicted octanol–water partition coefficient (Wildman–Crippen LogP) is 2.41. The number of fused-ring (bicyclic) bond motifs is 1. The summed E-state index contributed by atoms with van der Waals surface area (Å²) < 4.78 is 0. The van der Waals surface area contributed by atoms with E-state index in [1.807, 2.05) is 18.3 Å². The van der Waals surface area contributed by atoms with Crippen molar-refractivity contribution in [3.8, 4) is 11.8 Å². The van der Waals surface area contributed by atoms with E-state index in [2.05, 4.69) is 28.7 Å². The minimum Gasteiger partial charge on any atom is -0.271 e. The fourth-order valence-corrected chi connectivity index (χ4v) is 3.47. The SMILES string of the molecule is CC#CCC(NN)C1CCCc2sccc21. The Morgan fingerprint density at radius 3 is 3.31 bits per heavy atom. The number of hydrogen-bond donors (Lipinski definition) is 2. The second-order valence-corrected chi connectivity index (χ2v) is 5.20. The van der Waals surface area contributed by atoms with Crippen molar-refractivity contribution in [2.75, 3.05) is 0 Å². The third-order valence-electron chi connectivity index (χ3n) is 3.30. The van der Waals surface area contributed by atoms with Crippen LogP contribution in [0.15, 0.2) is 11.4 Å². The van der Waals surface area contributed by atoms with E-state index < -0.39 is 0 Å². The van der Waals surface area contributed by atoms with Crippen LogP contribution in [-0.4, -0.2) is 6.04 Å². The molecule has 0 spiro atoms. The van der Waals surface area contributed by atoms with Crippen molar-refractivity contribution in [3.05, 3.63) is 21.9 Å². The molecule has 2 rings (SSSR count). The standard InChI is InChI=1S/C13H18N2S/c1-2-3-6-12(15-14)10-5-4-7-13-11(10)8-9-16-13/h8-10,12,15H,4-7,14H2,1H3. The van der Waals surface area contributed by atoms with Crippen molar-refractivity contribution < 1.29 is 0 Å². The molecule has 2 nitrogen and oxygen atoms in total. The average molecular weight is 234 g/mol. The third kappa shape index (κ3) is 2.30. The molecule has 2 atom stereocenters. The van der Waals surface area contributed by atoms with E-state index in [9.17, 15) is 0 Å². The van der Waals surface area contributed by atoms with Crippen molar-refractivity contribution in [3.63, 3.8) is 0 Å². The van der Waals surface area contributed by atoms with E-state index in [1.165, 1.54) is 24.8 Å². The Morgan fingerprint density at radius 1 is 1.69 bits per heavy atom. The minimum atomic E-state index is 0.293. The van der Waals surface area contributed by atoms with Crippen LogP contribution in [0.25, 0.3) is 0 Å². The smallest absolute Gasteiger partial charge is 0.0388 e. The molecule has 0 aromatic carbocycles. The van der Waals surface area contributed by atoms with Gasteiger partial charge in [0.25, 0.3) is 0 Å². The molecule has 0 saturated carbocycles. The van der Waals surface area contributed by atoms with Crippen molar-refractivity contribution >= 4 is 11.3 Å². The van der Waals surface area contributed by atoms with Crippen LogP contribution < -0.4 is 11.3 Å². The van der Waals surface area contributed by atoms with Gasteiger partial charge in [0.2, 0.25) is 0 Å². The van der Waals surface area contributed by atoms with Gasteiger partial charge >= 0.3 is 0 Å². The van der Waals surface area contributed by atoms with Crippen molar-refractivity contribution in [2.45, 2.75) is 44.6 Å². The first kappa shape index (κ1) is 11.7.